The van der Waals surface area contributed by atoms with E-state index in [1.54, 1.807) is 0 Å². The Balaban J connectivity index is 1.86. The van der Waals surface area contributed by atoms with Gasteiger partial charge in [0.25, 0.3) is 0 Å². The highest BCUT2D eigenvalue weighted by Gasteiger charge is 2.39. The minimum absolute atomic E-state index is 0.0703. The van der Waals surface area contributed by atoms with Gasteiger partial charge in [-0.05, 0) is 62.9 Å². The summed E-state index contributed by atoms with van der Waals surface area (Å²) in [6.07, 6.45) is 13.6. The third kappa shape index (κ3) is 2.23. The van der Waals surface area contributed by atoms with Gasteiger partial charge in [-0.15, -0.1) is 0 Å². The molecule has 0 spiro atoms. The summed E-state index contributed by atoms with van der Waals surface area (Å²) in [4.78, 5) is 4.73. The van der Waals surface area contributed by atoms with Crippen LogP contribution in [0.3, 0.4) is 0 Å². The number of pyridine rings is 1. The van der Waals surface area contributed by atoms with Crippen LogP contribution in [-0.4, -0.2) is 4.98 Å². The molecule has 1 heterocycles. The first-order chi connectivity index (χ1) is 11.4. The van der Waals surface area contributed by atoms with Gasteiger partial charge >= 0.3 is 0 Å². The number of nitrogens with zero attached hydrogens (tertiary/aromatic N) is 1. The maximum absolute atomic E-state index is 4.73. The molecule has 0 aromatic carbocycles. The van der Waals surface area contributed by atoms with Crippen molar-refractivity contribution < 1.29 is 0 Å². The van der Waals surface area contributed by atoms with Crippen molar-refractivity contribution in [3.8, 4) is 0 Å². The van der Waals surface area contributed by atoms with Gasteiger partial charge in [-0.2, -0.15) is 0 Å². The van der Waals surface area contributed by atoms with E-state index in [1.165, 1.54) is 27.9 Å². The van der Waals surface area contributed by atoms with E-state index >= 15 is 0 Å². The van der Waals surface area contributed by atoms with Crippen LogP contribution in [0, 0.1) is 11.3 Å². The number of rotatable bonds is 2. The SMILES string of the molecule is CC1=C(C(C)(C)C2C=CC=C2)C2=Cc3nc(Br)ccc3C(C)C2=C1. The van der Waals surface area contributed by atoms with Crippen molar-refractivity contribution in [1.82, 2.24) is 4.98 Å². The van der Waals surface area contributed by atoms with Crippen molar-refractivity contribution in [2.75, 3.05) is 0 Å². The highest BCUT2D eigenvalue weighted by molar-refractivity contribution is 9.10. The van der Waals surface area contributed by atoms with Gasteiger partial charge in [0.2, 0.25) is 0 Å². The Morgan fingerprint density at radius 2 is 1.79 bits per heavy atom. The minimum Gasteiger partial charge on any atom is -0.241 e. The molecule has 24 heavy (non-hydrogen) atoms. The lowest BCUT2D eigenvalue weighted by molar-refractivity contribution is 0.381. The molecule has 2 heteroatoms. The molecule has 1 unspecified atom stereocenters. The van der Waals surface area contributed by atoms with Gasteiger partial charge in [-0.25, -0.2) is 4.98 Å². The molecule has 3 aliphatic carbocycles. The zero-order valence-electron chi connectivity index (χ0n) is 14.6. The lowest BCUT2D eigenvalue weighted by Gasteiger charge is -2.35. The summed E-state index contributed by atoms with van der Waals surface area (Å²) in [6, 6.07) is 4.25. The monoisotopic (exact) mass is 379 g/mol. The minimum atomic E-state index is 0.0703. The standard InChI is InChI=1S/C22H22BrN/c1-13-11-17-14(2)16-9-10-20(23)24-19(16)12-18(17)21(13)22(3,4)15-7-5-6-8-15/h5-12,14-15H,1-4H3. The average Bonchev–Trinajstić information content (AvgIpc) is 3.15. The molecule has 1 aromatic heterocycles. The summed E-state index contributed by atoms with van der Waals surface area (Å²) in [7, 11) is 0. The molecule has 122 valence electrons. The molecule has 0 saturated heterocycles. The topological polar surface area (TPSA) is 12.9 Å². The summed E-state index contributed by atoms with van der Waals surface area (Å²) in [5.74, 6) is 0.835. The van der Waals surface area contributed by atoms with Crippen molar-refractivity contribution in [1.29, 1.82) is 0 Å². The highest BCUT2D eigenvalue weighted by Crippen LogP contribution is 2.53. The molecular weight excluding hydrogens is 358 g/mol. The smallest absolute Gasteiger partial charge is 0.106 e. The van der Waals surface area contributed by atoms with Gasteiger partial charge in [-0.1, -0.05) is 57.2 Å². The van der Waals surface area contributed by atoms with Crippen LogP contribution in [0.5, 0.6) is 0 Å². The molecule has 1 aromatic rings. The summed E-state index contributed by atoms with van der Waals surface area (Å²) in [5.41, 5.74) is 8.19. The molecule has 0 saturated carbocycles. The number of fused-ring (bicyclic) bond motifs is 2. The fraction of sp³-hybridized carbons (Fsp3) is 0.318. The van der Waals surface area contributed by atoms with Crippen LogP contribution in [0.2, 0.25) is 0 Å². The Bertz CT molecular complexity index is 865. The zero-order valence-corrected chi connectivity index (χ0v) is 16.2. The second kappa shape index (κ2) is 5.42. The molecule has 0 aliphatic heterocycles. The third-order valence-electron chi connectivity index (χ3n) is 5.71. The largest absolute Gasteiger partial charge is 0.241 e. The molecule has 0 fully saturated rings. The summed E-state index contributed by atoms with van der Waals surface area (Å²) in [5, 5.41) is 0. The number of hydrogen-bond acceptors (Lipinski definition) is 1. The van der Waals surface area contributed by atoms with E-state index in [4.69, 9.17) is 4.98 Å². The van der Waals surface area contributed by atoms with Crippen LogP contribution >= 0.6 is 15.9 Å². The molecule has 0 radical (unpaired) electrons. The normalized spacial score (nSPS) is 22.6. The molecule has 1 atom stereocenters. The first-order valence-electron chi connectivity index (χ1n) is 8.56. The van der Waals surface area contributed by atoms with Crippen molar-refractivity contribution in [3.05, 3.63) is 80.7 Å². The van der Waals surface area contributed by atoms with Gasteiger partial charge in [0.15, 0.2) is 0 Å². The molecular formula is C22H22BrN. The Morgan fingerprint density at radius 3 is 2.50 bits per heavy atom. The predicted octanol–water partition coefficient (Wildman–Crippen LogP) is 6.37. The van der Waals surface area contributed by atoms with E-state index in [-0.39, 0.29) is 5.41 Å². The first-order valence-corrected chi connectivity index (χ1v) is 9.35. The highest BCUT2D eigenvalue weighted by atomic mass is 79.9. The summed E-state index contributed by atoms with van der Waals surface area (Å²) < 4.78 is 0.902. The third-order valence-corrected chi connectivity index (χ3v) is 6.15. The molecule has 1 nitrogen and oxygen atoms in total. The van der Waals surface area contributed by atoms with Crippen LogP contribution in [0.4, 0.5) is 0 Å². The maximum atomic E-state index is 4.73. The van der Waals surface area contributed by atoms with E-state index in [0.29, 0.717) is 11.8 Å². The fourth-order valence-corrected chi connectivity index (χ4v) is 4.76. The van der Waals surface area contributed by atoms with Gasteiger partial charge in [0.05, 0.1) is 5.69 Å². The van der Waals surface area contributed by atoms with Crippen molar-refractivity contribution in [2.24, 2.45) is 11.3 Å². The Labute approximate surface area is 152 Å². The maximum Gasteiger partial charge on any atom is 0.106 e. The van der Waals surface area contributed by atoms with Crippen molar-refractivity contribution in [3.63, 3.8) is 0 Å². The quantitative estimate of drug-likeness (QED) is 0.543. The van der Waals surface area contributed by atoms with Crippen LogP contribution in [0.25, 0.3) is 6.08 Å². The molecule has 3 aliphatic rings. The van der Waals surface area contributed by atoms with E-state index in [2.05, 4.69) is 86.1 Å². The molecule has 0 N–H and O–H groups in total. The number of hydrogen-bond donors (Lipinski definition) is 0. The second-order valence-electron chi connectivity index (χ2n) is 7.56. The summed E-state index contributed by atoms with van der Waals surface area (Å²) in [6.45, 7) is 9.28. The van der Waals surface area contributed by atoms with Crippen molar-refractivity contribution in [2.45, 2.75) is 33.6 Å². The average molecular weight is 380 g/mol. The van der Waals surface area contributed by atoms with Crippen LogP contribution in [-0.2, 0) is 0 Å². The van der Waals surface area contributed by atoms with Gasteiger partial charge in [-0.3, -0.25) is 0 Å². The van der Waals surface area contributed by atoms with E-state index in [0.717, 1.165) is 10.3 Å². The van der Waals surface area contributed by atoms with E-state index < -0.39 is 0 Å². The van der Waals surface area contributed by atoms with Crippen LogP contribution in [0.15, 0.2) is 69.4 Å². The molecule has 0 amide bonds. The van der Waals surface area contributed by atoms with Crippen molar-refractivity contribution >= 4 is 22.0 Å². The van der Waals surface area contributed by atoms with Gasteiger partial charge < -0.3 is 0 Å². The molecule has 4 rings (SSSR count). The second-order valence-corrected chi connectivity index (χ2v) is 8.38. The Morgan fingerprint density at radius 1 is 1.08 bits per heavy atom. The number of aromatic nitrogens is 1. The fourth-order valence-electron chi connectivity index (χ4n) is 4.44. The Hall–Kier alpha value is -1.67. The van der Waals surface area contributed by atoms with Gasteiger partial charge in [0, 0.05) is 17.3 Å². The first kappa shape index (κ1) is 15.8. The summed E-state index contributed by atoms with van der Waals surface area (Å²) >= 11 is 3.52. The molecule has 0 bridgehead atoms. The number of halogens is 1. The van der Waals surface area contributed by atoms with E-state index in [1.807, 2.05) is 6.07 Å². The zero-order chi connectivity index (χ0) is 17.1. The number of allylic oxidation sites excluding steroid dienone is 9. The van der Waals surface area contributed by atoms with E-state index in [9.17, 15) is 0 Å². The lowest BCUT2D eigenvalue weighted by Crippen LogP contribution is -2.25. The van der Waals surface area contributed by atoms with Crippen LogP contribution < -0.4 is 0 Å². The Kier molecular flexibility index (Phi) is 3.58. The van der Waals surface area contributed by atoms with Gasteiger partial charge in [0.1, 0.15) is 4.60 Å². The lowest BCUT2D eigenvalue weighted by atomic mass is 9.68. The predicted molar refractivity (Wildman–Crippen MR) is 105 cm³/mol. The van der Waals surface area contributed by atoms with Crippen LogP contribution in [0.1, 0.15) is 44.9 Å².